The molecule has 2 amide bonds. The van der Waals surface area contributed by atoms with Crippen LogP contribution >= 0.6 is 7.60 Å². The van der Waals surface area contributed by atoms with Gasteiger partial charge in [0.15, 0.2) is 0 Å². The molecule has 1 heterocycles. The lowest BCUT2D eigenvalue weighted by atomic mass is 10.00. The summed E-state index contributed by atoms with van der Waals surface area (Å²) >= 11 is 0. The van der Waals surface area contributed by atoms with Gasteiger partial charge >= 0.3 is 19.6 Å². The number of nitrogens with one attached hydrogen (secondary N) is 1. The van der Waals surface area contributed by atoms with Crippen LogP contribution in [-0.4, -0.2) is 57.6 Å². The van der Waals surface area contributed by atoms with Crippen LogP contribution in [0.5, 0.6) is 0 Å². The van der Waals surface area contributed by atoms with Gasteiger partial charge in [0.1, 0.15) is 18.0 Å². The highest BCUT2D eigenvalue weighted by atomic mass is 31.2. The molecule has 1 aliphatic rings. The number of piperidine rings is 1. The molecule has 0 unspecified atom stereocenters. The Balaban J connectivity index is 1.40. The van der Waals surface area contributed by atoms with Crippen LogP contribution < -0.4 is 5.32 Å². The van der Waals surface area contributed by atoms with Crippen LogP contribution in [0.15, 0.2) is 84.9 Å². The third-order valence-corrected chi connectivity index (χ3v) is 9.30. The second kappa shape index (κ2) is 18.0. The average molecular weight is 653 g/mol. The fourth-order valence-electron chi connectivity index (χ4n) is 6.04. The van der Waals surface area contributed by atoms with Gasteiger partial charge < -0.3 is 24.7 Å². The number of ether oxygens (including phenoxy) is 1. The van der Waals surface area contributed by atoms with Crippen LogP contribution in [0.1, 0.15) is 68.1 Å². The van der Waals surface area contributed by atoms with E-state index in [0.717, 1.165) is 38.5 Å². The van der Waals surface area contributed by atoms with Crippen molar-refractivity contribution in [3.8, 4) is 0 Å². The molecule has 0 aliphatic carbocycles. The van der Waals surface area contributed by atoms with Gasteiger partial charge in [0.25, 0.3) is 0 Å². The van der Waals surface area contributed by atoms with E-state index in [1.54, 1.807) is 12.1 Å². The van der Waals surface area contributed by atoms with Crippen molar-refractivity contribution in [3.05, 3.63) is 107 Å². The highest BCUT2D eigenvalue weighted by molar-refractivity contribution is 7.51. The molecule has 3 aromatic rings. The summed E-state index contributed by atoms with van der Waals surface area (Å²) in [5, 5.41) is 2.88. The molecule has 0 bridgehead atoms. The van der Waals surface area contributed by atoms with Crippen molar-refractivity contribution in [2.75, 3.05) is 12.7 Å². The number of urea groups is 1. The molecule has 0 radical (unpaired) electrons. The van der Waals surface area contributed by atoms with Gasteiger partial charge in [-0.3, -0.25) is 4.57 Å². The Morgan fingerprint density at radius 3 is 2.07 bits per heavy atom. The number of rotatable bonds is 16. The third-order valence-electron chi connectivity index (χ3n) is 8.45. The largest absolute Gasteiger partial charge is 0.461 e. The van der Waals surface area contributed by atoms with Crippen LogP contribution in [0.3, 0.4) is 0 Å². The number of aryl methyl sites for hydroxylation is 2. The summed E-state index contributed by atoms with van der Waals surface area (Å²) in [5.74, 6) is -0.852. The summed E-state index contributed by atoms with van der Waals surface area (Å²) in [6, 6.07) is 24.4. The predicted molar refractivity (Wildman–Crippen MR) is 177 cm³/mol. The molecular weight excluding hydrogens is 606 g/mol. The maximum atomic E-state index is 13.8. The van der Waals surface area contributed by atoms with Crippen LogP contribution in [0.2, 0.25) is 0 Å². The Morgan fingerprint density at radius 1 is 0.870 bits per heavy atom. The highest BCUT2D eigenvalue weighted by Gasteiger charge is 2.35. The van der Waals surface area contributed by atoms with Crippen molar-refractivity contribution in [2.45, 2.75) is 88.8 Å². The Labute approximate surface area is 271 Å². The lowest BCUT2D eigenvalue weighted by Crippen LogP contribution is -2.55. The van der Waals surface area contributed by atoms with Crippen molar-refractivity contribution in [1.82, 2.24) is 10.2 Å². The molecule has 3 aromatic carbocycles. The quantitative estimate of drug-likeness (QED) is 0.116. The molecule has 248 valence electrons. The maximum Gasteiger partial charge on any atom is 0.329 e. The number of hydrogen-bond donors (Lipinski definition) is 3. The van der Waals surface area contributed by atoms with E-state index in [0.29, 0.717) is 31.4 Å². The SMILES string of the molecule is O=C(OC(CCCc1ccccc1)CCCc1ccccc1)[C@@H]1CCCCN1C(=O)N[C@@H](CCP(=O)(O)O)Cc1cccc(F)c1. The first kappa shape index (κ1) is 35.3. The second-order valence-electron chi connectivity index (χ2n) is 12.2. The van der Waals surface area contributed by atoms with Crippen LogP contribution in [-0.2, 0) is 33.4 Å². The Morgan fingerprint density at radius 2 is 1.48 bits per heavy atom. The lowest BCUT2D eigenvalue weighted by Gasteiger charge is -2.36. The molecule has 46 heavy (non-hydrogen) atoms. The van der Waals surface area contributed by atoms with E-state index in [-0.39, 0.29) is 18.9 Å². The van der Waals surface area contributed by atoms with E-state index in [1.807, 2.05) is 36.4 Å². The van der Waals surface area contributed by atoms with Gasteiger partial charge in [-0.1, -0.05) is 72.8 Å². The molecule has 1 aliphatic heterocycles. The molecule has 2 atom stereocenters. The molecule has 0 saturated carbocycles. The summed E-state index contributed by atoms with van der Waals surface area (Å²) < 4.78 is 31.6. The molecule has 3 N–H and O–H groups in total. The molecule has 0 spiro atoms. The Bertz CT molecular complexity index is 1370. The number of halogens is 1. The number of carbonyl (C=O) groups is 2. The number of amides is 2. The van der Waals surface area contributed by atoms with E-state index in [1.165, 1.54) is 28.2 Å². The monoisotopic (exact) mass is 652 g/mol. The summed E-state index contributed by atoms with van der Waals surface area (Å²) in [5.41, 5.74) is 3.07. The zero-order valence-corrected chi connectivity index (χ0v) is 27.2. The lowest BCUT2D eigenvalue weighted by molar-refractivity contribution is -0.156. The van der Waals surface area contributed by atoms with Crippen molar-refractivity contribution < 1.29 is 33.1 Å². The maximum absolute atomic E-state index is 13.8. The molecule has 1 fully saturated rings. The molecule has 10 heteroatoms. The van der Waals surface area contributed by atoms with E-state index >= 15 is 0 Å². The number of carbonyl (C=O) groups excluding carboxylic acids is 2. The number of likely N-dealkylation sites (tertiary alicyclic amines) is 1. The van der Waals surface area contributed by atoms with Gasteiger partial charge in [0.2, 0.25) is 0 Å². The normalized spacial score (nSPS) is 15.8. The first-order valence-electron chi connectivity index (χ1n) is 16.3. The van der Waals surface area contributed by atoms with Gasteiger partial charge in [-0.2, -0.15) is 0 Å². The van der Waals surface area contributed by atoms with Gasteiger partial charge in [0, 0.05) is 12.6 Å². The first-order chi connectivity index (χ1) is 22.2. The fourth-order valence-corrected chi connectivity index (χ4v) is 6.69. The van der Waals surface area contributed by atoms with Crippen LogP contribution in [0.25, 0.3) is 0 Å². The van der Waals surface area contributed by atoms with Gasteiger partial charge in [-0.15, -0.1) is 0 Å². The Kier molecular flexibility index (Phi) is 13.8. The third kappa shape index (κ3) is 12.3. The van der Waals surface area contributed by atoms with E-state index in [9.17, 15) is 28.3 Å². The molecular formula is C36H46FN2O6P. The van der Waals surface area contributed by atoms with E-state index < -0.39 is 43.7 Å². The molecule has 1 saturated heterocycles. The Hall–Kier alpha value is -3.52. The van der Waals surface area contributed by atoms with E-state index in [4.69, 9.17) is 4.74 Å². The zero-order chi connectivity index (χ0) is 32.8. The summed E-state index contributed by atoms with van der Waals surface area (Å²) in [6.07, 6.45) is 6.39. The molecule has 4 rings (SSSR count). The van der Waals surface area contributed by atoms with Crippen molar-refractivity contribution in [1.29, 1.82) is 0 Å². The highest BCUT2D eigenvalue weighted by Crippen LogP contribution is 2.35. The van der Waals surface area contributed by atoms with Gasteiger partial charge in [-0.05, 0) is 99.5 Å². The van der Waals surface area contributed by atoms with Crippen molar-refractivity contribution in [3.63, 3.8) is 0 Å². The first-order valence-corrected chi connectivity index (χ1v) is 18.1. The smallest absolute Gasteiger partial charge is 0.329 e. The summed E-state index contributed by atoms with van der Waals surface area (Å²) in [7, 11) is -4.32. The van der Waals surface area contributed by atoms with Gasteiger partial charge in [0.05, 0.1) is 6.16 Å². The minimum atomic E-state index is -4.32. The molecule has 8 nitrogen and oxygen atoms in total. The summed E-state index contributed by atoms with van der Waals surface area (Å²) in [6.45, 7) is 0.365. The number of esters is 1. The van der Waals surface area contributed by atoms with Crippen LogP contribution in [0, 0.1) is 5.82 Å². The standard InChI is InChI=1S/C36H46FN2O6P/c37-31-19-9-18-30(26-31)27-32(23-25-46(42,43)44)38-36(41)39-24-8-7-22-34(39)35(40)45-33(20-10-16-28-12-3-1-4-13-28)21-11-17-29-14-5-2-6-15-29/h1-6,9,12-15,18-19,26,32-34H,7-8,10-11,16-17,20-25,27H2,(H,38,41)(H2,42,43,44)/t32-,34-/m0/s1. The minimum absolute atomic E-state index is 0.000384. The van der Waals surface area contributed by atoms with E-state index in [2.05, 4.69) is 29.6 Å². The number of benzene rings is 3. The second-order valence-corrected chi connectivity index (χ2v) is 14.0. The minimum Gasteiger partial charge on any atom is -0.461 e. The number of nitrogens with zero attached hydrogens (tertiary/aromatic N) is 1. The summed E-state index contributed by atoms with van der Waals surface area (Å²) in [4.78, 5) is 47.7. The predicted octanol–water partition coefficient (Wildman–Crippen LogP) is 6.83. The fraction of sp³-hybridized carbons (Fsp3) is 0.444. The van der Waals surface area contributed by atoms with Crippen molar-refractivity contribution in [2.24, 2.45) is 0 Å². The average Bonchev–Trinajstić information content (AvgIpc) is 3.04. The van der Waals surface area contributed by atoms with Crippen molar-refractivity contribution >= 4 is 19.6 Å². The van der Waals surface area contributed by atoms with Gasteiger partial charge in [-0.25, -0.2) is 14.0 Å². The molecule has 0 aromatic heterocycles. The number of hydrogen-bond acceptors (Lipinski definition) is 4. The topological polar surface area (TPSA) is 116 Å². The van der Waals surface area contributed by atoms with Crippen LogP contribution in [0.4, 0.5) is 9.18 Å². The zero-order valence-electron chi connectivity index (χ0n) is 26.3.